The molecule has 4 rings (SSSR count). The largest absolute Gasteiger partial charge is 0.323 e. The predicted molar refractivity (Wildman–Crippen MR) is 109 cm³/mol. The maximum Gasteiger partial charge on any atom is 0.322 e. The number of urea groups is 1. The highest BCUT2D eigenvalue weighted by molar-refractivity contribution is 7.89. The van der Waals surface area contributed by atoms with Crippen LogP contribution in [0.4, 0.5) is 4.79 Å². The number of carbonyl (C=O) groups is 2. The van der Waals surface area contributed by atoms with Crippen molar-refractivity contribution in [1.82, 2.24) is 15.4 Å². The fourth-order valence-electron chi connectivity index (χ4n) is 4.09. The van der Waals surface area contributed by atoms with Crippen LogP contribution in [0, 0.1) is 5.92 Å². The molecule has 2 fully saturated rings. The average Bonchev–Trinajstić information content (AvgIpc) is 3.23. The number of nitrogens with one attached hydrogen (secondary N) is 3. The topological polar surface area (TPSA) is 104 Å². The molecule has 2 atom stereocenters. The minimum absolute atomic E-state index is 0.0783. The standard InChI is InChI=1S/C20H20ClN3O4S/c21-16-7-3-13(4-8-16)14-5-9-17(10-6-14)29(27,28)22-12-15-2-1-11-20(15)18(25)23-19(26)24-20/h3-10,15,22H,1-2,11-12H2,(H2,23,24,25,26). The van der Waals surface area contributed by atoms with E-state index in [-0.39, 0.29) is 23.3 Å². The van der Waals surface area contributed by atoms with Crippen LogP contribution in [0.2, 0.25) is 5.02 Å². The van der Waals surface area contributed by atoms with Crippen molar-refractivity contribution < 1.29 is 18.0 Å². The lowest BCUT2D eigenvalue weighted by atomic mass is 9.87. The van der Waals surface area contributed by atoms with Crippen LogP contribution in [0.15, 0.2) is 53.4 Å². The molecule has 2 unspecified atom stereocenters. The Kier molecular flexibility index (Phi) is 5.10. The second kappa shape index (κ2) is 7.44. The zero-order chi connectivity index (χ0) is 20.6. The molecule has 7 nitrogen and oxygen atoms in total. The minimum atomic E-state index is -3.75. The van der Waals surface area contributed by atoms with Gasteiger partial charge in [-0.3, -0.25) is 10.1 Å². The van der Waals surface area contributed by atoms with Crippen molar-refractivity contribution in [3.8, 4) is 11.1 Å². The summed E-state index contributed by atoms with van der Waals surface area (Å²) in [7, 11) is -3.75. The van der Waals surface area contributed by atoms with E-state index < -0.39 is 21.6 Å². The van der Waals surface area contributed by atoms with E-state index >= 15 is 0 Å². The summed E-state index contributed by atoms with van der Waals surface area (Å²) < 4.78 is 28.0. The fraction of sp³-hybridized carbons (Fsp3) is 0.300. The van der Waals surface area contributed by atoms with E-state index in [1.54, 1.807) is 36.4 Å². The maximum atomic E-state index is 12.7. The number of benzene rings is 2. The third kappa shape index (κ3) is 3.75. The van der Waals surface area contributed by atoms with Gasteiger partial charge in [0, 0.05) is 17.5 Å². The van der Waals surface area contributed by atoms with Crippen LogP contribution < -0.4 is 15.4 Å². The zero-order valence-electron chi connectivity index (χ0n) is 15.4. The van der Waals surface area contributed by atoms with Crippen LogP contribution in [-0.2, 0) is 14.8 Å². The molecule has 1 aliphatic carbocycles. The molecule has 3 amide bonds. The normalized spacial score (nSPS) is 24.0. The molecule has 0 radical (unpaired) electrons. The first-order valence-corrected chi connectivity index (χ1v) is 11.2. The molecule has 0 aromatic heterocycles. The number of carbonyl (C=O) groups excluding carboxylic acids is 2. The van der Waals surface area contributed by atoms with E-state index in [1.807, 2.05) is 12.1 Å². The summed E-state index contributed by atoms with van der Waals surface area (Å²) in [6.07, 6.45) is 1.91. The monoisotopic (exact) mass is 433 g/mol. The summed E-state index contributed by atoms with van der Waals surface area (Å²) in [6, 6.07) is 13.3. The first-order valence-electron chi connectivity index (χ1n) is 9.29. The molecule has 2 aromatic carbocycles. The number of hydrogen-bond acceptors (Lipinski definition) is 4. The SMILES string of the molecule is O=C1NC(=O)C2(CCCC2CNS(=O)(=O)c2ccc(-c3ccc(Cl)cc3)cc2)N1. The van der Waals surface area contributed by atoms with E-state index in [0.29, 0.717) is 17.9 Å². The molecule has 0 bridgehead atoms. The summed E-state index contributed by atoms with van der Waals surface area (Å²) in [5, 5.41) is 5.58. The third-order valence-electron chi connectivity index (χ3n) is 5.65. The highest BCUT2D eigenvalue weighted by atomic mass is 35.5. The van der Waals surface area contributed by atoms with Crippen molar-refractivity contribution in [3.63, 3.8) is 0 Å². The Morgan fingerprint density at radius 2 is 1.66 bits per heavy atom. The quantitative estimate of drug-likeness (QED) is 0.630. The van der Waals surface area contributed by atoms with E-state index in [9.17, 15) is 18.0 Å². The Balaban J connectivity index is 1.47. The molecule has 1 aliphatic heterocycles. The summed E-state index contributed by atoms with van der Waals surface area (Å²) >= 11 is 5.90. The predicted octanol–water partition coefficient (Wildman–Crippen LogP) is 2.66. The van der Waals surface area contributed by atoms with Crippen LogP contribution in [0.25, 0.3) is 11.1 Å². The average molecular weight is 434 g/mol. The molecule has 152 valence electrons. The van der Waals surface area contributed by atoms with Crippen molar-refractivity contribution in [1.29, 1.82) is 0 Å². The lowest BCUT2D eigenvalue weighted by Crippen LogP contribution is -2.53. The molecular formula is C20H20ClN3O4S. The van der Waals surface area contributed by atoms with Crippen LogP contribution in [0.3, 0.4) is 0 Å². The molecule has 2 aliphatic rings. The first-order chi connectivity index (χ1) is 13.8. The third-order valence-corrected chi connectivity index (χ3v) is 7.34. The van der Waals surface area contributed by atoms with Crippen LogP contribution in [-0.4, -0.2) is 32.4 Å². The van der Waals surface area contributed by atoms with Gasteiger partial charge >= 0.3 is 6.03 Å². The molecular weight excluding hydrogens is 414 g/mol. The number of rotatable bonds is 5. The lowest BCUT2D eigenvalue weighted by Gasteiger charge is -2.28. The number of imide groups is 1. The van der Waals surface area contributed by atoms with Crippen molar-refractivity contribution in [3.05, 3.63) is 53.6 Å². The highest BCUT2D eigenvalue weighted by Crippen LogP contribution is 2.37. The Morgan fingerprint density at radius 1 is 1.03 bits per heavy atom. The van der Waals surface area contributed by atoms with Gasteiger partial charge in [0.25, 0.3) is 5.91 Å². The van der Waals surface area contributed by atoms with E-state index in [4.69, 9.17) is 11.6 Å². The van der Waals surface area contributed by atoms with Crippen molar-refractivity contribution >= 4 is 33.6 Å². The summed E-state index contributed by atoms with van der Waals surface area (Å²) in [4.78, 5) is 23.9. The number of hydrogen-bond donors (Lipinski definition) is 3. The van der Waals surface area contributed by atoms with E-state index in [0.717, 1.165) is 17.5 Å². The van der Waals surface area contributed by atoms with Gasteiger partial charge in [0.15, 0.2) is 0 Å². The van der Waals surface area contributed by atoms with Gasteiger partial charge in [0.2, 0.25) is 10.0 Å². The molecule has 3 N–H and O–H groups in total. The van der Waals surface area contributed by atoms with Crippen molar-refractivity contribution in [2.75, 3.05) is 6.54 Å². The van der Waals surface area contributed by atoms with Crippen molar-refractivity contribution in [2.45, 2.75) is 29.7 Å². The van der Waals surface area contributed by atoms with Crippen molar-refractivity contribution in [2.24, 2.45) is 5.92 Å². The molecule has 9 heteroatoms. The van der Waals surface area contributed by atoms with Gasteiger partial charge in [-0.25, -0.2) is 17.9 Å². The Morgan fingerprint density at radius 3 is 2.24 bits per heavy atom. The van der Waals surface area contributed by atoms with Gasteiger partial charge in [-0.05, 0) is 48.2 Å². The highest BCUT2D eigenvalue weighted by Gasteiger charge is 2.54. The minimum Gasteiger partial charge on any atom is -0.323 e. The Labute approximate surface area is 173 Å². The maximum absolute atomic E-state index is 12.7. The molecule has 2 aromatic rings. The van der Waals surface area contributed by atoms with Crippen LogP contribution in [0.5, 0.6) is 0 Å². The fourth-order valence-corrected chi connectivity index (χ4v) is 5.29. The van der Waals surface area contributed by atoms with Gasteiger partial charge in [0.05, 0.1) is 4.90 Å². The molecule has 1 spiro atoms. The Hall–Kier alpha value is -2.42. The summed E-state index contributed by atoms with van der Waals surface area (Å²) in [6.45, 7) is 0.0783. The molecule has 1 saturated carbocycles. The summed E-state index contributed by atoms with van der Waals surface area (Å²) in [5.74, 6) is -0.673. The van der Waals surface area contributed by atoms with Gasteiger partial charge < -0.3 is 5.32 Å². The second-order valence-corrected chi connectivity index (χ2v) is 9.56. The van der Waals surface area contributed by atoms with Crippen LogP contribution in [0.1, 0.15) is 19.3 Å². The van der Waals surface area contributed by atoms with Gasteiger partial charge in [-0.15, -0.1) is 0 Å². The zero-order valence-corrected chi connectivity index (χ0v) is 17.0. The van der Waals surface area contributed by atoms with Crippen LogP contribution >= 0.6 is 11.6 Å². The van der Waals surface area contributed by atoms with E-state index in [1.165, 1.54) is 0 Å². The molecule has 1 heterocycles. The lowest BCUT2D eigenvalue weighted by molar-refractivity contribution is -0.125. The molecule has 29 heavy (non-hydrogen) atoms. The van der Waals surface area contributed by atoms with Gasteiger partial charge in [0.1, 0.15) is 5.54 Å². The Bertz CT molecular complexity index is 1050. The number of amides is 3. The van der Waals surface area contributed by atoms with Gasteiger partial charge in [-0.2, -0.15) is 0 Å². The first kappa shape index (κ1) is 19.9. The summed E-state index contributed by atoms with van der Waals surface area (Å²) in [5.41, 5.74) is 0.792. The van der Waals surface area contributed by atoms with Gasteiger partial charge in [-0.1, -0.05) is 42.3 Å². The number of halogens is 1. The second-order valence-electron chi connectivity index (χ2n) is 7.35. The number of sulfonamides is 1. The molecule has 1 saturated heterocycles. The smallest absolute Gasteiger partial charge is 0.322 e. The van der Waals surface area contributed by atoms with E-state index in [2.05, 4.69) is 15.4 Å².